The first-order chi connectivity index (χ1) is 11.3. The third-order valence-corrected chi connectivity index (χ3v) is 6.95. The van der Waals surface area contributed by atoms with Crippen molar-refractivity contribution < 1.29 is 17.9 Å². The van der Waals surface area contributed by atoms with Gasteiger partial charge in [0.15, 0.2) is 21.3 Å². The van der Waals surface area contributed by atoms with Crippen LogP contribution >= 0.6 is 0 Å². The van der Waals surface area contributed by atoms with Crippen molar-refractivity contribution in [2.24, 2.45) is 0 Å². The average molecular weight is 356 g/mol. The fraction of sp³-hybridized carbons (Fsp3) is 0.667. The number of sulfone groups is 1. The van der Waals surface area contributed by atoms with E-state index in [2.05, 4.69) is 19.2 Å². The second kappa shape index (κ2) is 7.31. The van der Waals surface area contributed by atoms with Gasteiger partial charge < -0.3 is 14.8 Å². The quantitative estimate of drug-likeness (QED) is 0.846. The summed E-state index contributed by atoms with van der Waals surface area (Å²) in [5.41, 5.74) is 0.354. The number of hydrogen-bond acceptors (Lipinski definition) is 5. The molecule has 0 bridgehead atoms. The molecule has 2 atom stereocenters. The van der Waals surface area contributed by atoms with Crippen molar-refractivity contribution in [1.82, 2.24) is 5.32 Å². The molecule has 1 aliphatic heterocycles. The monoisotopic (exact) mass is 355 g/mol. The molecule has 1 unspecified atom stereocenters. The molecule has 0 saturated heterocycles. The van der Waals surface area contributed by atoms with E-state index < -0.39 is 15.4 Å². The molecular formula is C18H29NO4S. The van der Waals surface area contributed by atoms with Gasteiger partial charge >= 0.3 is 0 Å². The molecule has 136 valence electrons. The van der Waals surface area contributed by atoms with E-state index in [4.69, 9.17) is 9.47 Å². The Hall–Kier alpha value is -1.27. The van der Waals surface area contributed by atoms with Gasteiger partial charge in [-0.3, -0.25) is 0 Å². The normalized spacial score (nSPS) is 25.6. The minimum atomic E-state index is -3.42. The number of ether oxygens (including phenoxy) is 2. The van der Waals surface area contributed by atoms with E-state index in [1.54, 1.807) is 19.2 Å². The highest BCUT2D eigenvalue weighted by molar-refractivity contribution is 7.91. The number of benzene rings is 1. The van der Waals surface area contributed by atoms with Crippen molar-refractivity contribution >= 4 is 9.84 Å². The highest BCUT2D eigenvalue weighted by atomic mass is 32.2. The third kappa shape index (κ3) is 3.54. The van der Waals surface area contributed by atoms with Crippen LogP contribution in [0.3, 0.4) is 0 Å². The highest BCUT2D eigenvalue weighted by Gasteiger charge is 2.40. The fourth-order valence-electron chi connectivity index (χ4n) is 3.54. The van der Waals surface area contributed by atoms with Gasteiger partial charge in [0, 0.05) is 17.6 Å². The molecule has 0 spiro atoms. The summed E-state index contributed by atoms with van der Waals surface area (Å²) >= 11 is 0. The van der Waals surface area contributed by atoms with Crippen LogP contribution in [-0.4, -0.2) is 33.9 Å². The summed E-state index contributed by atoms with van der Waals surface area (Å²) in [5.74, 6) is 1.12. The number of unbranched alkanes of at least 4 members (excludes halogenated alkanes) is 1. The van der Waals surface area contributed by atoms with Gasteiger partial charge in [0.1, 0.15) is 0 Å². The van der Waals surface area contributed by atoms with Gasteiger partial charge in [-0.05, 0) is 31.4 Å². The Labute approximate surface area is 145 Å². The maximum Gasteiger partial charge on any atom is 0.180 e. The van der Waals surface area contributed by atoms with Crippen LogP contribution in [0.15, 0.2) is 17.0 Å². The third-order valence-electron chi connectivity index (χ3n) is 4.99. The molecule has 24 heavy (non-hydrogen) atoms. The van der Waals surface area contributed by atoms with E-state index in [1.807, 2.05) is 6.92 Å². The van der Waals surface area contributed by atoms with E-state index in [0.29, 0.717) is 16.4 Å². The van der Waals surface area contributed by atoms with Crippen LogP contribution in [0.25, 0.3) is 0 Å². The molecule has 0 radical (unpaired) electrons. The van der Waals surface area contributed by atoms with Crippen molar-refractivity contribution in [3.05, 3.63) is 17.7 Å². The van der Waals surface area contributed by atoms with Gasteiger partial charge in [-0.15, -0.1) is 0 Å². The second-order valence-electron chi connectivity index (χ2n) is 6.61. The zero-order valence-electron chi connectivity index (χ0n) is 15.3. The van der Waals surface area contributed by atoms with Crippen molar-refractivity contribution in [1.29, 1.82) is 0 Å². The molecule has 6 heteroatoms. The molecule has 0 fully saturated rings. The zero-order chi connectivity index (χ0) is 18.0. The number of nitrogens with one attached hydrogen (secondary N) is 1. The minimum absolute atomic E-state index is 0.0751. The minimum Gasteiger partial charge on any atom is -0.493 e. The van der Waals surface area contributed by atoms with E-state index in [1.165, 1.54) is 7.11 Å². The number of rotatable bonds is 6. The summed E-state index contributed by atoms with van der Waals surface area (Å²) in [6.45, 7) is 6.20. The first-order valence-electron chi connectivity index (χ1n) is 8.59. The Kier molecular flexibility index (Phi) is 5.81. The van der Waals surface area contributed by atoms with Crippen LogP contribution in [-0.2, 0) is 9.84 Å². The molecule has 0 saturated carbocycles. The van der Waals surface area contributed by atoms with Crippen molar-refractivity contribution in [2.45, 2.75) is 62.9 Å². The molecule has 1 aromatic rings. The molecule has 0 amide bonds. The topological polar surface area (TPSA) is 64.6 Å². The smallest absolute Gasteiger partial charge is 0.180 e. The van der Waals surface area contributed by atoms with Gasteiger partial charge in [0.25, 0.3) is 0 Å². The van der Waals surface area contributed by atoms with Crippen LogP contribution < -0.4 is 14.8 Å². The van der Waals surface area contributed by atoms with Crippen LogP contribution in [0.5, 0.6) is 11.5 Å². The Morgan fingerprint density at radius 2 is 1.83 bits per heavy atom. The Morgan fingerprint density at radius 1 is 1.21 bits per heavy atom. The van der Waals surface area contributed by atoms with Crippen molar-refractivity contribution in [3.63, 3.8) is 0 Å². The fourth-order valence-corrected chi connectivity index (χ4v) is 5.74. The molecule has 1 heterocycles. The maximum absolute atomic E-state index is 13.1. The lowest BCUT2D eigenvalue weighted by molar-refractivity contribution is 0.286. The van der Waals surface area contributed by atoms with E-state index in [9.17, 15) is 8.42 Å². The van der Waals surface area contributed by atoms with Gasteiger partial charge in [-0.2, -0.15) is 0 Å². The van der Waals surface area contributed by atoms with E-state index >= 15 is 0 Å². The van der Waals surface area contributed by atoms with E-state index in [-0.39, 0.29) is 11.8 Å². The SMILES string of the molecule is CCCC[C@@]1(CC)CS(=O)(=O)c2cc(OC)c(OC)cc2C(C)N1. The molecule has 2 rings (SSSR count). The molecule has 0 aromatic heterocycles. The standard InChI is InChI=1S/C18H29NO4S/c1-6-8-9-18(7-2)12-24(20,21)17-11-16(23-5)15(22-4)10-14(17)13(3)19-18/h10-11,13,19H,6-9,12H2,1-5H3/t13?,18-/m0/s1. The van der Waals surface area contributed by atoms with Gasteiger partial charge in [-0.25, -0.2) is 8.42 Å². The molecule has 1 N–H and O–H groups in total. The average Bonchev–Trinajstić information content (AvgIpc) is 2.65. The first-order valence-corrected chi connectivity index (χ1v) is 10.2. The second-order valence-corrected chi connectivity index (χ2v) is 8.57. The Bertz CT molecular complexity index is 687. The predicted octanol–water partition coefficient (Wildman–Crippen LogP) is 3.48. The summed E-state index contributed by atoms with van der Waals surface area (Å²) in [4.78, 5) is 0.354. The summed E-state index contributed by atoms with van der Waals surface area (Å²) in [7, 11) is -0.336. The maximum atomic E-state index is 13.1. The molecule has 5 nitrogen and oxygen atoms in total. The van der Waals surface area contributed by atoms with Gasteiger partial charge in [-0.1, -0.05) is 26.7 Å². The number of methoxy groups -OCH3 is 2. The number of fused-ring (bicyclic) bond motifs is 1. The van der Waals surface area contributed by atoms with Crippen LogP contribution in [0.2, 0.25) is 0 Å². The van der Waals surface area contributed by atoms with Crippen LogP contribution in [0.4, 0.5) is 0 Å². The van der Waals surface area contributed by atoms with E-state index in [0.717, 1.165) is 31.2 Å². The largest absolute Gasteiger partial charge is 0.493 e. The first kappa shape index (κ1) is 19.1. The zero-order valence-corrected chi connectivity index (χ0v) is 16.1. The summed E-state index contributed by atoms with van der Waals surface area (Å²) < 4.78 is 36.9. The van der Waals surface area contributed by atoms with Crippen molar-refractivity contribution in [3.8, 4) is 11.5 Å². The molecule has 1 aliphatic rings. The summed E-state index contributed by atoms with van der Waals surface area (Å²) in [5, 5.41) is 3.60. The number of hydrogen-bond donors (Lipinski definition) is 1. The van der Waals surface area contributed by atoms with Crippen LogP contribution in [0, 0.1) is 0 Å². The highest BCUT2D eigenvalue weighted by Crippen LogP contribution is 2.40. The van der Waals surface area contributed by atoms with Crippen LogP contribution in [0.1, 0.15) is 58.1 Å². The lowest BCUT2D eigenvalue weighted by atomic mass is 9.90. The summed E-state index contributed by atoms with van der Waals surface area (Å²) in [6.07, 6.45) is 3.68. The predicted molar refractivity (Wildman–Crippen MR) is 95.7 cm³/mol. The lowest BCUT2D eigenvalue weighted by Crippen LogP contribution is -2.49. The molecule has 1 aromatic carbocycles. The summed E-state index contributed by atoms with van der Waals surface area (Å²) in [6, 6.07) is 3.32. The molecule has 0 aliphatic carbocycles. The Morgan fingerprint density at radius 3 is 2.38 bits per heavy atom. The van der Waals surface area contributed by atoms with Crippen molar-refractivity contribution in [2.75, 3.05) is 20.0 Å². The Balaban J connectivity index is 2.59. The molecular weight excluding hydrogens is 326 g/mol. The van der Waals surface area contributed by atoms with Gasteiger partial charge in [0.05, 0.1) is 24.9 Å². The van der Waals surface area contributed by atoms with Gasteiger partial charge in [0.2, 0.25) is 0 Å². The lowest BCUT2D eigenvalue weighted by Gasteiger charge is -2.34.